The van der Waals surface area contributed by atoms with Gasteiger partial charge < -0.3 is 15.2 Å². The second-order valence-corrected chi connectivity index (χ2v) is 2.52. The second kappa shape index (κ2) is 4.06. The number of nitrogens with two attached hydrogens (primary N) is 1. The van der Waals surface area contributed by atoms with Crippen molar-refractivity contribution in [2.24, 2.45) is 11.1 Å². The molecule has 2 N–H and O–H groups in total. The summed E-state index contributed by atoms with van der Waals surface area (Å²) in [6.07, 6.45) is 0. The summed E-state index contributed by atoms with van der Waals surface area (Å²) in [6.45, 7) is 1.25. The number of carbonyl (C=O) groups excluding carboxylic acids is 2. The molecule has 0 amide bonds. The first-order chi connectivity index (χ1) is 5.52. The second-order valence-electron chi connectivity index (χ2n) is 2.52. The number of hydrogen-bond acceptors (Lipinski definition) is 5. The van der Waals surface area contributed by atoms with Gasteiger partial charge in [0, 0.05) is 6.54 Å². The predicted octanol–water partition coefficient (Wildman–Crippen LogP) is -0.703. The molecule has 0 aliphatic rings. The minimum Gasteiger partial charge on any atom is -0.468 e. The lowest BCUT2D eigenvalue weighted by molar-refractivity contribution is -0.166. The van der Waals surface area contributed by atoms with Gasteiger partial charge in [-0.25, -0.2) is 0 Å². The number of esters is 2. The quantitative estimate of drug-likeness (QED) is 0.453. The zero-order chi connectivity index (χ0) is 9.78. The molecular formula is C7H13NO4. The monoisotopic (exact) mass is 175 g/mol. The Kier molecular flexibility index (Phi) is 3.69. The first-order valence-corrected chi connectivity index (χ1v) is 3.39. The molecule has 0 radical (unpaired) electrons. The molecule has 12 heavy (non-hydrogen) atoms. The van der Waals surface area contributed by atoms with Crippen LogP contribution in [0.3, 0.4) is 0 Å². The largest absolute Gasteiger partial charge is 0.468 e. The summed E-state index contributed by atoms with van der Waals surface area (Å²) in [6, 6.07) is 0. The average Bonchev–Trinajstić information content (AvgIpc) is 2.13. The summed E-state index contributed by atoms with van der Waals surface area (Å²) in [7, 11) is 2.39. The molecule has 0 fully saturated rings. The fourth-order valence-electron chi connectivity index (χ4n) is 0.701. The van der Waals surface area contributed by atoms with Crippen molar-refractivity contribution >= 4 is 11.9 Å². The molecule has 0 unspecified atom stereocenters. The minimum atomic E-state index is -1.39. The number of ether oxygens (including phenoxy) is 2. The van der Waals surface area contributed by atoms with Crippen LogP contribution in [-0.4, -0.2) is 32.7 Å². The zero-order valence-corrected chi connectivity index (χ0v) is 7.42. The highest BCUT2D eigenvalue weighted by atomic mass is 16.5. The Balaban J connectivity index is 4.66. The van der Waals surface area contributed by atoms with Gasteiger partial charge in [-0.2, -0.15) is 0 Å². The smallest absolute Gasteiger partial charge is 0.324 e. The molecule has 0 aliphatic carbocycles. The molecule has 0 saturated heterocycles. The third-order valence-electron chi connectivity index (χ3n) is 1.68. The van der Waals surface area contributed by atoms with E-state index < -0.39 is 17.4 Å². The molecule has 0 saturated carbocycles. The van der Waals surface area contributed by atoms with Crippen LogP contribution in [0.2, 0.25) is 0 Å². The normalized spacial score (nSPS) is 10.7. The Labute approximate surface area is 70.8 Å². The Hall–Kier alpha value is -1.10. The molecule has 70 valence electrons. The van der Waals surface area contributed by atoms with E-state index in [-0.39, 0.29) is 6.54 Å². The van der Waals surface area contributed by atoms with Crippen LogP contribution < -0.4 is 5.73 Å². The summed E-state index contributed by atoms with van der Waals surface area (Å²) < 4.78 is 8.82. The van der Waals surface area contributed by atoms with E-state index in [4.69, 9.17) is 5.73 Å². The lowest BCUT2D eigenvalue weighted by Gasteiger charge is -2.20. The van der Waals surface area contributed by atoms with Crippen molar-refractivity contribution in [2.75, 3.05) is 20.8 Å². The molecule has 0 atom stereocenters. The average molecular weight is 175 g/mol. The standard InChI is InChI=1S/C7H13NO4/c1-7(4-8,5(9)11-2)6(10)12-3/h4,8H2,1-3H3. The van der Waals surface area contributed by atoms with Gasteiger partial charge >= 0.3 is 11.9 Å². The van der Waals surface area contributed by atoms with E-state index in [1.165, 1.54) is 21.1 Å². The third-order valence-corrected chi connectivity index (χ3v) is 1.68. The maximum atomic E-state index is 11.1. The van der Waals surface area contributed by atoms with Crippen LogP contribution in [0, 0.1) is 5.41 Å². The molecule has 5 nitrogen and oxygen atoms in total. The predicted molar refractivity (Wildman–Crippen MR) is 41.2 cm³/mol. The summed E-state index contributed by atoms with van der Waals surface area (Å²) in [5.41, 5.74) is 3.87. The fraction of sp³-hybridized carbons (Fsp3) is 0.714. The Bertz CT molecular complexity index is 174. The Morgan fingerprint density at radius 2 is 1.58 bits per heavy atom. The van der Waals surface area contributed by atoms with E-state index >= 15 is 0 Å². The molecule has 0 rings (SSSR count). The van der Waals surface area contributed by atoms with Crippen LogP contribution in [0.25, 0.3) is 0 Å². The summed E-state index contributed by atoms with van der Waals surface area (Å²) >= 11 is 0. The van der Waals surface area contributed by atoms with Crippen molar-refractivity contribution < 1.29 is 19.1 Å². The van der Waals surface area contributed by atoms with Crippen molar-refractivity contribution in [2.45, 2.75) is 6.92 Å². The molecule has 5 heteroatoms. The van der Waals surface area contributed by atoms with E-state index in [0.29, 0.717) is 0 Å². The van der Waals surface area contributed by atoms with Crippen LogP contribution in [0.4, 0.5) is 0 Å². The topological polar surface area (TPSA) is 78.6 Å². The van der Waals surface area contributed by atoms with Crippen molar-refractivity contribution in [1.29, 1.82) is 0 Å². The fourth-order valence-corrected chi connectivity index (χ4v) is 0.701. The number of carbonyl (C=O) groups is 2. The van der Waals surface area contributed by atoms with Gasteiger partial charge in [0.2, 0.25) is 0 Å². The van der Waals surface area contributed by atoms with E-state index in [1.54, 1.807) is 0 Å². The Morgan fingerprint density at radius 1 is 1.25 bits per heavy atom. The molecule has 0 bridgehead atoms. The zero-order valence-electron chi connectivity index (χ0n) is 7.42. The lowest BCUT2D eigenvalue weighted by atomic mass is 9.91. The minimum absolute atomic E-state index is 0.133. The van der Waals surface area contributed by atoms with E-state index in [1.807, 2.05) is 0 Å². The van der Waals surface area contributed by atoms with Crippen LogP contribution in [-0.2, 0) is 19.1 Å². The highest BCUT2D eigenvalue weighted by Crippen LogP contribution is 2.17. The first kappa shape index (κ1) is 10.9. The van der Waals surface area contributed by atoms with Gasteiger partial charge in [-0.1, -0.05) is 0 Å². The van der Waals surface area contributed by atoms with Crippen molar-refractivity contribution in [3.8, 4) is 0 Å². The molecule has 0 heterocycles. The highest BCUT2D eigenvalue weighted by Gasteiger charge is 2.42. The van der Waals surface area contributed by atoms with Crippen LogP contribution in [0.15, 0.2) is 0 Å². The molecule has 0 spiro atoms. The van der Waals surface area contributed by atoms with Gasteiger partial charge in [0.15, 0.2) is 5.41 Å². The van der Waals surface area contributed by atoms with Gasteiger partial charge in [-0.05, 0) is 6.92 Å². The lowest BCUT2D eigenvalue weighted by Crippen LogP contribution is -2.44. The SMILES string of the molecule is COC(=O)C(C)(CN)C(=O)OC. The molecule has 0 aromatic heterocycles. The van der Waals surface area contributed by atoms with Crippen LogP contribution >= 0.6 is 0 Å². The van der Waals surface area contributed by atoms with Crippen LogP contribution in [0.5, 0.6) is 0 Å². The van der Waals surface area contributed by atoms with Gasteiger partial charge in [-0.3, -0.25) is 9.59 Å². The maximum absolute atomic E-state index is 11.1. The van der Waals surface area contributed by atoms with E-state index in [0.717, 1.165) is 0 Å². The van der Waals surface area contributed by atoms with Gasteiger partial charge in [0.1, 0.15) is 0 Å². The van der Waals surface area contributed by atoms with Crippen molar-refractivity contribution in [1.82, 2.24) is 0 Å². The summed E-state index contributed by atoms with van der Waals surface area (Å²) in [5.74, 6) is -1.37. The molecular weight excluding hydrogens is 162 g/mol. The van der Waals surface area contributed by atoms with Crippen molar-refractivity contribution in [3.63, 3.8) is 0 Å². The molecule has 0 aromatic carbocycles. The molecule has 0 aliphatic heterocycles. The van der Waals surface area contributed by atoms with Crippen LogP contribution in [0.1, 0.15) is 6.92 Å². The van der Waals surface area contributed by atoms with Crippen molar-refractivity contribution in [3.05, 3.63) is 0 Å². The maximum Gasteiger partial charge on any atom is 0.324 e. The van der Waals surface area contributed by atoms with E-state index in [2.05, 4.69) is 9.47 Å². The molecule has 0 aromatic rings. The summed E-state index contributed by atoms with van der Waals surface area (Å²) in [4.78, 5) is 22.1. The first-order valence-electron chi connectivity index (χ1n) is 3.39. The van der Waals surface area contributed by atoms with E-state index in [9.17, 15) is 9.59 Å². The Morgan fingerprint density at radius 3 is 1.75 bits per heavy atom. The van der Waals surface area contributed by atoms with Gasteiger partial charge in [0.25, 0.3) is 0 Å². The van der Waals surface area contributed by atoms with Gasteiger partial charge in [0.05, 0.1) is 14.2 Å². The third kappa shape index (κ3) is 1.73. The summed E-state index contributed by atoms with van der Waals surface area (Å²) in [5, 5.41) is 0. The number of hydrogen-bond donors (Lipinski definition) is 1. The number of rotatable bonds is 3. The highest BCUT2D eigenvalue weighted by molar-refractivity contribution is 5.99. The number of methoxy groups -OCH3 is 2. The van der Waals surface area contributed by atoms with Gasteiger partial charge in [-0.15, -0.1) is 0 Å².